The summed E-state index contributed by atoms with van der Waals surface area (Å²) >= 11 is 0. The Balaban J connectivity index is 1.45. The number of carbonyl (C=O) groups excluding carboxylic acids is 4. The lowest BCUT2D eigenvalue weighted by Crippen LogP contribution is -2.38. The van der Waals surface area contributed by atoms with E-state index in [1.54, 1.807) is 4.90 Å². The second kappa shape index (κ2) is 6.92. The van der Waals surface area contributed by atoms with Crippen LogP contribution >= 0.6 is 0 Å². The molecule has 0 aliphatic carbocycles. The average molecular weight is 378 g/mol. The van der Waals surface area contributed by atoms with E-state index in [1.807, 2.05) is 24.3 Å². The SMILES string of the molecule is CN1C(=O)c2ccc(C(=O)OCC(=O)N3CCCc4ccccc43)cc2C1=O. The molecule has 28 heavy (non-hydrogen) atoms. The zero-order valence-electron chi connectivity index (χ0n) is 15.3. The Labute approximate surface area is 161 Å². The molecule has 0 radical (unpaired) electrons. The molecule has 0 spiro atoms. The predicted molar refractivity (Wildman–Crippen MR) is 100 cm³/mol. The van der Waals surface area contributed by atoms with Crippen molar-refractivity contribution < 1.29 is 23.9 Å². The number of benzene rings is 2. The lowest BCUT2D eigenvalue weighted by atomic mass is 10.0. The minimum atomic E-state index is -0.712. The summed E-state index contributed by atoms with van der Waals surface area (Å²) in [5.41, 5.74) is 2.49. The Morgan fingerprint density at radius 3 is 2.61 bits per heavy atom. The van der Waals surface area contributed by atoms with Gasteiger partial charge in [0, 0.05) is 19.3 Å². The van der Waals surface area contributed by atoms with Gasteiger partial charge in [-0.1, -0.05) is 18.2 Å². The van der Waals surface area contributed by atoms with Gasteiger partial charge in [-0.05, 0) is 42.7 Å². The lowest BCUT2D eigenvalue weighted by molar-refractivity contribution is -0.121. The minimum Gasteiger partial charge on any atom is -0.452 e. The molecule has 3 amide bonds. The van der Waals surface area contributed by atoms with E-state index in [1.165, 1.54) is 25.2 Å². The van der Waals surface area contributed by atoms with Crippen LogP contribution in [0.2, 0.25) is 0 Å². The number of nitrogens with zero attached hydrogens (tertiary/aromatic N) is 2. The van der Waals surface area contributed by atoms with E-state index in [9.17, 15) is 19.2 Å². The average Bonchev–Trinajstić information content (AvgIpc) is 2.95. The van der Waals surface area contributed by atoms with Crippen molar-refractivity contribution in [3.63, 3.8) is 0 Å². The van der Waals surface area contributed by atoms with E-state index in [0.717, 1.165) is 29.0 Å². The molecule has 0 N–H and O–H groups in total. The maximum Gasteiger partial charge on any atom is 0.338 e. The lowest BCUT2D eigenvalue weighted by Gasteiger charge is -2.29. The number of hydrogen-bond acceptors (Lipinski definition) is 5. The van der Waals surface area contributed by atoms with Crippen molar-refractivity contribution in [1.82, 2.24) is 4.90 Å². The Bertz CT molecular complexity index is 1010. The van der Waals surface area contributed by atoms with Crippen molar-refractivity contribution in [3.8, 4) is 0 Å². The summed E-state index contributed by atoms with van der Waals surface area (Å²) in [6.07, 6.45) is 1.77. The van der Waals surface area contributed by atoms with Crippen LogP contribution in [0.15, 0.2) is 42.5 Å². The third kappa shape index (κ3) is 2.94. The number of para-hydroxylation sites is 1. The molecule has 142 valence electrons. The molecule has 0 saturated carbocycles. The first-order valence-electron chi connectivity index (χ1n) is 8.99. The summed E-state index contributed by atoms with van der Waals surface area (Å²) in [5.74, 6) is -1.88. The topological polar surface area (TPSA) is 84.0 Å². The van der Waals surface area contributed by atoms with Crippen molar-refractivity contribution in [2.75, 3.05) is 25.1 Å². The first kappa shape index (κ1) is 17.9. The predicted octanol–water partition coefficient (Wildman–Crippen LogP) is 2.05. The van der Waals surface area contributed by atoms with Crippen LogP contribution in [0.3, 0.4) is 0 Å². The Morgan fingerprint density at radius 1 is 1.04 bits per heavy atom. The van der Waals surface area contributed by atoms with Gasteiger partial charge >= 0.3 is 5.97 Å². The van der Waals surface area contributed by atoms with Gasteiger partial charge in [0.25, 0.3) is 17.7 Å². The van der Waals surface area contributed by atoms with E-state index in [-0.39, 0.29) is 22.6 Å². The van der Waals surface area contributed by atoms with Crippen LogP contribution < -0.4 is 4.90 Å². The molecule has 2 aromatic rings. The fourth-order valence-corrected chi connectivity index (χ4v) is 3.57. The summed E-state index contributed by atoms with van der Waals surface area (Å²) < 4.78 is 5.17. The van der Waals surface area contributed by atoms with Crippen LogP contribution in [0, 0.1) is 0 Å². The molecule has 2 heterocycles. The highest BCUT2D eigenvalue weighted by molar-refractivity contribution is 6.21. The number of imide groups is 1. The molecular formula is C21H18N2O5. The van der Waals surface area contributed by atoms with Gasteiger partial charge in [0.05, 0.1) is 16.7 Å². The molecule has 2 aliphatic rings. The molecule has 0 atom stereocenters. The van der Waals surface area contributed by atoms with Gasteiger partial charge in [0.2, 0.25) is 0 Å². The normalized spacial score (nSPS) is 15.3. The standard InChI is InChI=1S/C21H18N2O5/c1-22-19(25)15-9-8-14(11-16(15)20(22)26)21(27)28-12-18(24)23-10-4-6-13-5-2-3-7-17(13)23/h2-3,5,7-9,11H,4,6,10,12H2,1H3. The van der Waals surface area contributed by atoms with Crippen LogP contribution in [-0.2, 0) is 16.0 Å². The first-order valence-corrected chi connectivity index (χ1v) is 8.99. The summed E-state index contributed by atoms with van der Waals surface area (Å²) in [6.45, 7) is 0.187. The third-order valence-electron chi connectivity index (χ3n) is 5.06. The number of aryl methyl sites for hydroxylation is 1. The highest BCUT2D eigenvalue weighted by Crippen LogP contribution is 2.27. The largest absolute Gasteiger partial charge is 0.452 e. The Morgan fingerprint density at radius 2 is 1.79 bits per heavy atom. The van der Waals surface area contributed by atoms with Crippen LogP contribution in [-0.4, -0.2) is 48.8 Å². The zero-order chi connectivity index (χ0) is 19.8. The van der Waals surface area contributed by atoms with Crippen molar-refractivity contribution in [2.24, 2.45) is 0 Å². The number of esters is 1. The quantitative estimate of drug-likeness (QED) is 0.603. The van der Waals surface area contributed by atoms with E-state index < -0.39 is 24.4 Å². The number of ether oxygens (including phenoxy) is 1. The van der Waals surface area contributed by atoms with Gasteiger partial charge < -0.3 is 9.64 Å². The molecule has 7 heteroatoms. The summed E-state index contributed by atoms with van der Waals surface area (Å²) in [4.78, 5) is 51.5. The minimum absolute atomic E-state index is 0.127. The van der Waals surface area contributed by atoms with Crippen LogP contribution in [0.5, 0.6) is 0 Å². The number of amides is 3. The zero-order valence-corrected chi connectivity index (χ0v) is 15.3. The first-order chi connectivity index (χ1) is 13.5. The highest BCUT2D eigenvalue weighted by Gasteiger charge is 2.33. The maximum atomic E-state index is 12.6. The summed E-state index contributed by atoms with van der Waals surface area (Å²) in [6, 6.07) is 11.9. The number of rotatable bonds is 3. The van der Waals surface area contributed by atoms with Crippen molar-refractivity contribution in [2.45, 2.75) is 12.8 Å². The van der Waals surface area contributed by atoms with E-state index >= 15 is 0 Å². The maximum absolute atomic E-state index is 12.6. The molecule has 2 aliphatic heterocycles. The molecule has 7 nitrogen and oxygen atoms in total. The fourth-order valence-electron chi connectivity index (χ4n) is 3.57. The molecule has 0 bridgehead atoms. The van der Waals surface area contributed by atoms with Crippen molar-refractivity contribution in [3.05, 3.63) is 64.7 Å². The highest BCUT2D eigenvalue weighted by atomic mass is 16.5. The number of hydrogen-bond donors (Lipinski definition) is 0. The fraction of sp³-hybridized carbons (Fsp3) is 0.238. The van der Waals surface area contributed by atoms with Crippen LogP contribution in [0.1, 0.15) is 43.1 Å². The number of anilines is 1. The second-order valence-electron chi connectivity index (χ2n) is 6.78. The molecule has 4 rings (SSSR count). The smallest absolute Gasteiger partial charge is 0.338 e. The summed E-state index contributed by atoms with van der Waals surface area (Å²) in [5, 5.41) is 0. The van der Waals surface area contributed by atoms with Gasteiger partial charge in [-0.25, -0.2) is 4.79 Å². The van der Waals surface area contributed by atoms with Crippen molar-refractivity contribution >= 4 is 29.4 Å². The van der Waals surface area contributed by atoms with Gasteiger partial charge in [0.1, 0.15) is 0 Å². The van der Waals surface area contributed by atoms with E-state index in [2.05, 4.69) is 0 Å². The van der Waals surface area contributed by atoms with E-state index in [0.29, 0.717) is 6.54 Å². The molecule has 2 aromatic carbocycles. The molecular weight excluding hydrogens is 360 g/mol. The third-order valence-corrected chi connectivity index (χ3v) is 5.06. The molecule has 0 fully saturated rings. The Kier molecular flexibility index (Phi) is 4.43. The second-order valence-corrected chi connectivity index (χ2v) is 6.78. The van der Waals surface area contributed by atoms with Gasteiger partial charge in [-0.2, -0.15) is 0 Å². The molecule has 0 unspecified atom stereocenters. The number of carbonyl (C=O) groups is 4. The van der Waals surface area contributed by atoms with Gasteiger partial charge in [-0.15, -0.1) is 0 Å². The Hall–Kier alpha value is -3.48. The molecule has 0 aromatic heterocycles. The molecule has 0 saturated heterocycles. The van der Waals surface area contributed by atoms with Gasteiger partial charge in [-0.3, -0.25) is 19.3 Å². The number of fused-ring (bicyclic) bond motifs is 2. The van der Waals surface area contributed by atoms with Crippen molar-refractivity contribution in [1.29, 1.82) is 0 Å². The van der Waals surface area contributed by atoms with Gasteiger partial charge in [0.15, 0.2) is 6.61 Å². The summed E-state index contributed by atoms with van der Waals surface area (Å²) in [7, 11) is 1.39. The van der Waals surface area contributed by atoms with Crippen LogP contribution in [0.25, 0.3) is 0 Å². The van der Waals surface area contributed by atoms with E-state index in [4.69, 9.17) is 4.74 Å². The monoisotopic (exact) mass is 378 g/mol. The van der Waals surface area contributed by atoms with Crippen LogP contribution in [0.4, 0.5) is 5.69 Å².